The molecular weight excluding hydrogens is 272 g/mol. The molecule has 1 rings (SSSR count). The molecule has 84 valence electrons. The highest BCUT2D eigenvalue weighted by Gasteiger charge is 2.17. The molecule has 0 spiro atoms. The first-order valence-corrected chi connectivity index (χ1v) is 5.53. The summed E-state index contributed by atoms with van der Waals surface area (Å²) in [5.74, 6) is -0.499. The van der Waals surface area contributed by atoms with Crippen molar-refractivity contribution in [3.8, 4) is 6.07 Å². The molecule has 0 atom stereocenters. The second-order valence-corrected chi connectivity index (χ2v) is 3.84. The minimum absolute atomic E-state index is 0.191. The average molecular weight is 283 g/mol. The van der Waals surface area contributed by atoms with Gasteiger partial charge in [0.1, 0.15) is 6.07 Å². The molecule has 16 heavy (non-hydrogen) atoms. The van der Waals surface area contributed by atoms with Gasteiger partial charge in [0.2, 0.25) is 0 Å². The third-order valence-electron chi connectivity index (χ3n) is 2.07. The standard InChI is InChI=1S/C11H11BrN2O2/c1-2-16-11(15)7-3-4-10(12)9(6-14)8(7)5-13/h3-4H,2,6,14H2,1H3. The van der Waals surface area contributed by atoms with Crippen molar-refractivity contribution >= 4 is 21.9 Å². The lowest BCUT2D eigenvalue weighted by molar-refractivity contribution is 0.0526. The maximum absolute atomic E-state index is 11.6. The molecule has 0 saturated heterocycles. The number of carbonyl (C=O) groups excluding carboxylic acids is 1. The van der Waals surface area contributed by atoms with Gasteiger partial charge in [0.05, 0.1) is 17.7 Å². The smallest absolute Gasteiger partial charge is 0.339 e. The van der Waals surface area contributed by atoms with Crippen molar-refractivity contribution in [3.05, 3.63) is 33.3 Å². The fourth-order valence-electron chi connectivity index (χ4n) is 1.33. The lowest BCUT2D eigenvalue weighted by Crippen LogP contribution is -2.11. The van der Waals surface area contributed by atoms with Crippen molar-refractivity contribution in [2.75, 3.05) is 6.61 Å². The zero-order chi connectivity index (χ0) is 12.1. The van der Waals surface area contributed by atoms with E-state index in [1.807, 2.05) is 6.07 Å². The Kier molecular flexibility index (Phi) is 4.47. The van der Waals surface area contributed by atoms with Crippen molar-refractivity contribution in [1.82, 2.24) is 0 Å². The number of hydrogen-bond donors (Lipinski definition) is 1. The molecule has 1 aromatic carbocycles. The summed E-state index contributed by atoms with van der Waals surface area (Å²) in [6.07, 6.45) is 0. The summed E-state index contributed by atoms with van der Waals surface area (Å²) in [5.41, 5.74) is 6.69. The zero-order valence-corrected chi connectivity index (χ0v) is 10.4. The minimum atomic E-state index is -0.499. The highest BCUT2D eigenvalue weighted by Crippen LogP contribution is 2.23. The molecule has 0 heterocycles. The number of nitrogens with zero attached hydrogens (tertiary/aromatic N) is 1. The second kappa shape index (κ2) is 5.64. The van der Waals surface area contributed by atoms with E-state index in [1.54, 1.807) is 19.1 Å². The van der Waals surface area contributed by atoms with Crippen LogP contribution < -0.4 is 5.73 Å². The Morgan fingerprint density at radius 3 is 2.81 bits per heavy atom. The summed E-state index contributed by atoms with van der Waals surface area (Å²) in [6, 6.07) is 5.23. The molecule has 1 aromatic rings. The van der Waals surface area contributed by atoms with Crippen LogP contribution in [0.25, 0.3) is 0 Å². The van der Waals surface area contributed by atoms with Gasteiger partial charge in [-0.2, -0.15) is 5.26 Å². The van der Waals surface area contributed by atoms with Crippen molar-refractivity contribution in [2.45, 2.75) is 13.5 Å². The Morgan fingerprint density at radius 2 is 2.31 bits per heavy atom. The maximum atomic E-state index is 11.6. The van der Waals surface area contributed by atoms with Crippen LogP contribution in [0.1, 0.15) is 28.4 Å². The molecule has 0 bridgehead atoms. The predicted molar refractivity (Wildman–Crippen MR) is 62.7 cm³/mol. The van der Waals surface area contributed by atoms with Crippen LogP contribution in [0.5, 0.6) is 0 Å². The van der Waals surface area contributed by atoms with E-state index in [-0.39, 0.29) is 24.3 Å². The summed E-state index contributed by atoms with van der Waals surface area (Å²) < 4.78 is 5.59. The number of hydrogen-bond acceptors (Lipinski definition) is 4. The van der Waals surface area contributed by atoms with Crippen LogP contribution >= 0.6 is 15.9 Å². The maximum Gasteiger partial charge on any atom is 0.339 e. The Labute approximate surface area is 102 Å². The van der Waals surface area contributed by atoms with Crippen LogP contribution in [-0.2, 0) is 11.3 Å². The summed E-state index contributed by atoms with van der Waals surface area (Å²) in [6.45, 7) is 2.18. The van der Waals surface area contributed by atoms with E-state index in [1.165, 1.54) is 0 Å². The van der Waals surface area contributed by atoms with Gasteiger partial charge < -0.3 is 10.5 Å². The third-order valence-corrected chi connectivity index (χ3v) is 2.81. The van der Waals surface area contributed by atoms with Crippen molar-refractivity contribution < 1.29 is 9.53 Å². The fraction of sp³-hybridized carbons (Fsp3) is 0.273. The first-order chi connectivity index (χ1) is 7.65. The van der Waals surface area contributed by atoms with E-state index >= 15 is 0 Å². The van der Waals surface area contributed by atoms with E-state index in [4.69, 9.17) is 15.7 Å². The molecular formula is C11H11BrN2O2. The van der Waals surface area contributed by atoms with Crippen LogP contribution in [0, 0.1) is 11.3 Å². The molecule has 0 fully saturated rings. The molecule has 0 saturated carbocycles. The molecule has 0 radical (unpaired) electrons. The number of carbonyl (C=O) groups is 1. The molecule has 5 heteroatoms. The quantitative estimate of drug-likeness (QED) is 0.860. The van der Waals surface area contributed by atoms with Gasteiger partial charge in [0, 0.05) is 11.0 Å². The summed E-state index contributed by atoms with van der Waals surface area (Å²) in [4.78, 5) is 11.6. The number of benzene rings is 1. The Morgan fingerprint density at radius 1 is 1.62 bits per heavy atom. The van der Waals surface area contributed by atoms with Gasteiger partial charge in [-0.15, -0.1) is 0 Å². The molecule has 2 N–H and O–H groups in total. The monoisotopic (exact) mass is 282 g/mol. The van der Waals surface area contributed by atoms with Crippen molar-refractivity contribution in [2.24, 2.45) is 5.73 Å². The van der Waals surface area contributed by atoms with Gasteiger partial charge in [0.25, 0.3) is 0 Å². The zero-order valence-electron chi connectivity index (χ0n) is 8.79. The summed E-state index contributed by atoms with van der Waals surface area (Å²) in [5, 5.41) is 9.04. The van der Waals surface area contributed by atoms with Crippen molar-refractivity contribution in [3.63, 3.8) is 0 Å². The van der Waals surface area contributed by atoms with Gasteiger partial charge in [-0.25, -0.2) is 4.79 Å². The van der Waals surface area contributed by atoms with Gasteiger partial charge in [-0.1, -0.05) is 15.9 Å². The molecule has 0 amide bonds. The van der Waals surface area contributed by atoms with Crippen molar-refractivity contribution in [1.29, 1.82) is 5.26 Å². The highest BCUT2D eigenvalue weighted by molar-refractivity contribution is 9.10. The van der Waals surface area contributed by atoms with Gasteiger partial charge in [0.15, 0.2) is 0 Å². The molecule has 0 aromatic heterocycles. The predicted octanol–water partition coefficient (Wildman–Crippen LogP) is 1.96. The number of nitriles is 1. The largest absolute Gasteiger partial charge is 0.462 e. The summed E-state index contributed by atoms with van der Waals surface area (Å²) in [7, 11) is 0. The lowest BCUT2D eigenvalue weighted by atomic mass is 10.0. The van der Waals surface area contributed by atoms with E-state index in [2.05, 4.69) is 15.9 Å². The third kappa shape index (κ3) is 2.40. The average Bonchev–Trinajstić information content (AvgIpc) is 2.28. The number of ether oxygens (including phenoxy) is 1. The Balaban J connectivity index is 3.31. The molecule has 0 aliphatic carbocycles. The van der Waals surface area contributed by atoms with Crippen LogP contribution in [-0.4, -0.2) is 12.6 Å². The second-order valence-electron chi connectivity index (χ2n) is 2.98. The lowest BCUT2D eigenvalue weighted by Gasteiger charge is -2.09. The molecule has 0 aliphatic rings. The first-order valence-electron chi connectivity index (χ1n) is 4.74. The minimum Gasteiger partial charge on any atom is -0.462 e. The number of rotatable bonds is 3. The van der Waals surface area contributed by atoms with E-state index in [0.717, 1.165) is 4.47 Å². The number of nitrogens with two attached hydrogens (primary N) is 1. The highest BCUT2D eigenvalue weighted by atomic mass is 79.9. The Bertz CT molecular complexity index is 452. The first kappa shape index (κ1) is 12.7. The van der Waals surface area contributed by atoms with Crippen LogP contribution in [0.15, 0.2) is 16.6 Å². The number of esters is 1. The van der Waals surface area contributed by atoms with E-state index in [9.17, 15) is 4.79 Å². The Hall–Kier alpha value is -1.38. The van der Waals surface area contributed by atoms with Crippen LogP contribution in [0.2, 0.25) is 0 Å². The van der Waals surface area contributed by atoms with Gasteiger partial charge in [-0.05, 0) is 24.6 Å². The normalized spacial score (nSPS) is 9.62. The molecule has 0 aliphatic heterocycles. The van der Waals surface area contributed by atoms with Crippen LogP contribution in [0.3, 0.4) is 0 Å². The topological polar surface area (TPSA) is 76.1 Å². The SMILES string of the molecule is CCOC(=O)c1ccc(Br)c(CN)c1C#N. The summed E-state index contributed by atoms with van der Waals surface area (Å²) >= 11 is 3.29. The molecule has 4 nitrogen and oxygen atoms in total. The van der Waals surface area contributed by atoms with Gasteiger partial charge in [-0.3, -0.25) is 0 Å². The van der Waals surface area contributed by atoms with Gasteiger partial charge >= 0.3 is 5.97 Å². The van der Waals surface area contributed by atoms with E-state index in [0.29, 0.717) is 5.56 Å². The van der Waals surface area contributed by atoms with Crippen LogP contribution in [0.4, 0.5) is 0 Å². The van der Waals surface area contributed by atoms with E-state index < -0.39 is 5.97 Å². The molecule has 0 unspecified atom stereocenters. The fourth-order valence-corrected chi connectivity index (χ4v) is 1.82. The number of halogens is 1.